The minimum absolute atomic E-state index is 0.410. The molecule has 0 bridgehead atoms. The van der Waals surface area contributed by atoms with E-state index in [0.717, 1.165) is 12.1 Å². The summed E-state index contributed by atoms with van der Waals surface area (Å²) in [5.41, 5.74) is 5.22. The standard InChI is InChI=1S/C12H11F3N2O/c13-12(14,15)9-3-1-8(2-4-9)10-7-17-11(18-10)5-6-16/h1-4,7H,5-6,16H2. The first-order valence-corrected chi connectivity index (χ1v) is 5.33. The highest BCUT2D eigenvalue weighted by atomic mass is 19.4. The molecule has 1 heterocycles. The Morgan fingerprint density at radius 3 is 2.39 bits per heavy atom. The highest BCUT2D eigenvalue weighted by Crippen LogP contribution is 2.31. The van der Waals surface area contributed by atoms with Crippen LogP contribution in [0.25, 0.3) is 11.3 Å². The number of nitrogens with two attached hydrogens (primary N) is 1. The van der Waals surface area contributed by atoms with Crippen molar-refractivity contribution in [2.24, 2.45) is 5.73 Å². The number of halogens is 3. The van der Waals surface area contributed by atoms with E-state index < -0.39 is 11.7 Å². The number of oxazole rings is 1. The van der Waals surface area contributed by atoms with Gasteiger partial charge in [0.15, 0.2) is 11.7 Å². The molecule has 0 spiro atoms. The van der Waals surface area contributed by atoms with Gasteiger partial charge in [-0.3, -0.25) is 0 Å². The molecule has 6 heteroatoms. The Balaban J connectivity index is 2.23. The van der Waals surface area contributed by atoms with Crippen LogP contribution < -0.4 is 5.73 Å². The van der Waals surface area contributed by atoms with E-state index in [-0.39, 0.29) is 0 Å². The Bertz CT molecular complexity index is 517. The summed E-state index contributed by atoms with van der Waals surface area (Å²) in [5, 5.41) is 0. The van der Waals surface area contributed by atoms with Crippen molar-refractivity contribution in [3.05, 3.63) is 41.9 Å². The van der Waals surface area contributed by atoms with E-state index in [1.54, 1.807) is 0 Å². The Hall–Kier alpha value is -1.82. The summed E-state index contributed by atoms with van der Waals surface area (Å²) in [5.74, 6) is 0.916. The van der Waals surface area contributed by atoms with Crippen molar-refractivity contribution in [1.29, 1.82) is 0 Å². The normalized spacial score (nSPS) is 11.8. The van der Waals surface area contributed by atoms with E-state index in [4.69, 9.17) is 10.2 Å². The van der Waals surface area contributed by atoms with Crippen LogP contribution in [0.4, 0.5) is 13.2 Å². The number of hydrogen-bond acceptors (Lipinski definition) is 3. The third-order valence-electron chi connectivity index (χ3n) is 2.41. The minimum atomic E-state index is -4.33. The monoisotopic (exact) mass is 256 g/mol. The average Bonchev–Trinajstić information content (AvgIpc) is 2.77. The lowest BCUT2D eigenvalue weighted by molar-refractivity contribution is -0.137. The molecule has 18 heavy (non-hydrogen) atoms. The molecule has 3 nitrogen and oxygen atoms in total. The fourth-order valence-electron chi connectivity index (χ4n) is 1.51. The van der Waals surface area contributed by atoms with Crippen LogP contribution in [0.5, 0.6) is 0 Å². The van der Waals surface area contributed by atoms with Gasteiger partial charge in [-0.05, 0) is 12.1 Å². The highest BCUT2D eigenvalue weighted by Gasteiger charge is 2.30. The third kappa shape index (κ3) is 2.70. The molecule has 0 unspecified atom stereocenters. The van der Waals surface area contributed by atoms with E-state index >= 15 is 0 Å². The van der Waals surface area contributed by atoms with E-state index in [9.17, 15) is 13.2 Å². The van der Waals surface area contributed by atoms with Gasteiger partial charge in [0.1, 0.15) is 0 Å². The van der Waals surface area contributed by atoms with Gasteiger partial charge in [0.2, 0.25) is 0 Å². The molecule has 2 N–H and O–H groups in total. The summed E-state index contributed by atoms with van der Waals surface area (Å²) >= 11 is 0. The number of benzene rings is 1. The first-order chi connectivity index (χ1) is 8.50. The predicted molar refractivity (Wildman–Crippen MR) is 59.7 cm³/mol. The largest absolute Gasteiger partial charge is 0.441 e. The van der Waals surface area contributed by atoms with Crippen molar-refractivity contribution in [1.82, 2.24) is 4.98 Å². The van der Waals surface area contributed by atoms with Gasteiger partial charge in [0.25, 0.3) is 0 Å². The topological polar surface area (TPSA) is 52.0 Å². The molecule has 0 saturated carbocycles. The van der Waals surface area contributed by atoms with Crippen molar-refractivity contribution >= 4 is 0 Å². The maximum Gasteiger partial charge on any atom is 0.416 e. The van der Waals surface area contributed by atoms with E-state index in [1.807, 2.05) is 0 Å². The average molecular weight is 256 g/mol. The zero-order chi connectivity index (χ0) is 13.2. The van der Waals surface area contributed by atoms with Gasteiger partial charge in [-0.2, -0.15) is 13.2 Å². The maximum absolute atomic E-state index is 12.4. The summed E-state index contributed by atoms with van der Waals surface area (Å²) in [4.78, 5) is 3.98. The second kappa shape index (κ2) is 4.81. The fourth-order valence-corrected chi connectivity index (χ4v) is 1.51. The molecule has 0 radical (unpaired) electrons. The maximum atomic E-state index is 12.4. The van der Waals surface area contributed by atoms with Gasteiger partial charge in [0.05, 0.1) is 11.8 Å². The van der Waals surface area contributed by atoms with Crippen LogP contribution in [0.15, 0.2) is 34.9 Å². The van der Waals surface area contributed by atoms with E-state index in [2.05, 4.69) is 4.98 Å². The number of rotatable bonds is 3. The first-order valence-electron chi connectivity index (χ1n) is 5.33. The van der Waals surface area contributed by atoms with Gasteiger partial charge in [-0.1, -0.05) is 12.1 Å². The van der Waals surface area contributed by atoms with Gasteiger partial charge in [-0.15, -0.1) is 0 Å². The summed E-state index contributed by atoms with van der Waals surface area (Å²) in [6.07, 6.45) is -2.35. The molecule has 0 aliphatic heterocycles. The van der Waals surface area contributed by atoms with E-state index in [0.29, 0.717) is 30.2 Å². The van der Waals surface area contributed by atoms with Crippen LogP contribution in [0.2, 0.25) is 0 Å². The van der Waals surface area contributed by atoms with E-state index in [1.165, 1.54) is 18.3 Å². The molecule has 0 aliphatic rings. The molecule has 0 saturated heterocycles. The lowest BCUT2D eigenvalue weighted by Crippen LogP contribution is -2.03. The quantitative estimate of drug-likeness (QED) is 0.918. The Kier molecular flexibility index (Phi) is 3.38. The number of nitrogens with zero attached hydrogens (tertiary/aromatic N) is 1. The zero-order valence-electron chi connectivity index (χ0n) is 9.37. The fraction of sp³-hybridized carbons (Fsp3) is 0.250. The Morgan fingerprint density at radius 2 is 1.83 bits per heavy atom. The summed E-state index contributed by atoms with van der Waals surface area (Å²) < 4.78 is 42.5. The van der Waals surface area contributed by atoms with Gasteiger partial charge < -0.3 is 10.2 Å². The van der Waals surface area contributed by atoms with Crippen molar-refractivity contribution < 1.29 is 17.6 Å². The molecule has 2 aromatic rings. The SMILES string of the molecule is NCCc1ncc(-c2ccc(C(F)(F)F)cc2)o1. The molecule has 1 aromatic heterocycles. The molecule has 0 fully saturated rings. The molecule has 1 aromatic carbocycles. The smallest absolute Gasteiger partial charge is 0.416 e. The Morgan fingerprint density at radius 1 is 1.17 bits per heavy atom. The molecule has 0 amide bonds. The second-order valence-electron chi connectivity index (χ2n) is 3.73. The number of alkyl halides is 3. The summed E-state index contributed by atoms with van der Waals surface area (Å²) in [6.45, 7) is 0.410. The van der Waals surface area contributed by atoms with Crippen LogP contribution in [0.3, 0.4) is 0 Å². The summed E-state index contributed by atoms with van der Waals surface area (Å²) in [6, 6.07) is 4.74. The van der Waals surface area contributed by atoms with Crippen LogP contribution in [-0.4, -0.2) is 11.5 Å². The van der Waals surface area contributed by atoms with Crippen LogP contribution in [-0.2, 0) is 12.6 Å². The lowest BCUT2D eigenvalue weighted by atomic mass is 10.1. The van der Waals surface area contributed by atoms with Gasteiger partial charge in [0, 0.05) is 18.5 Å². The minimum Gasteiger partial charge on any atom is -0.441 e. The zero-order valence-corrected chi connectivity index (χ0v) is 9.37. The highest BCUT2D eigenvalue weighted by molar-refractivity contribution is 5.56. The molecular weight excluding hydrogens is 245 g/mol. The van der Waals surface area contributed by atoms with Gasteiger partial charge in [-0.25, -0.2) is 4.98 Å². The molecule has 0 aliphatic carbocycles. The molecule has 0 atom stereocenters. The van der Waals surface area contributed by atoms with Crippen molar-refractivity contribution in [3.63, 3.8) is 0 Å². The first kappa shape index (κ1) is 12.6. The van der Waals surface area contributed by atoms with Crippen LogP contribution >= 0.6 is 0 Å². The molecular formula is C12H11F3N2O. The molecule has 2 rings (SSSR count). The number of hydrogen-bond donors (Lipinski definition) is 1. The second-order valence-corrected chi connectivity index (χ2v) is 3.73. The van der Waals surface area contributed by atoms with Crippen molar-refractivity contribution in [2.45, 2.75) is 12.6 Å². The molecule has 96 valence electrons. The van der Waals surface area contributed by atoms with Crippen molar-refractivity contribution in [3.8, 4) is 11.3 Å². The third-order valence-corrected chi connectivity index (χ3v) is 2.41. The van der Waals surface area contributed by atoms with Crippen LogP contribution in [0.1, 0.15) is 11.5 Å². The Labute approximate surface area is 101 Å². The lowest BCUT2D eigenvalue weighted by Gasteiger charge is -2.06. The van der Waals surface area contributed by atoms with Gasteiger partial charge >= 0.3 is 6.18 Å². The van der Waals surface area contributed by atoms with Crippen molar-refractivity contribution in [2.75, 3.05) is 6.54 Å². The predicted octanol–water partition coefficient (Wildman–Crippen LogP) is 2.86. The number of aromatic nitrogens is 1. The summed E-state index contributed by atoms with van der Waals surface area (Å²) in [7, 11) is 0. The van der Waals surface area contributed by atoms with Crippen LogP contribution in [0, 0.1) is 0 Å².